The molecule has 2 unspecified atom stereocenters. The molecule has 17 heavy (non-hydrogen) atoms. The molecule has 2 atom stereocenters. The number of ether oxygens (including phenoxy) is 2. The van der Waals surface area contributed by atoms with E-state index in [0.29, 0.717) is 6.54 Å². The van der Waals surface area contributed by atoms with Gasteiger partial charge in [-0.15, -0.1) is 0 Å². The fraction of sp³-hybridized carbons (Fsp3) is 0.538. The van der Waals surface area contributed by atoms with E-state index in [1.807, 2.05) is 12.1 Å². The maximum atomic E-state index is 5.77. The van der Waals surface area contributed by atoms with E-state index in [4.69, 9.17) is 15.2 Å². The maximum absolute atomic E-state index is 5.77. The van der Waals surface area contributed by atoms with E-state index >= 15 is 0 Å². The van der Waals surface area contributed by atoms with Gasteiger partial charge in [0.1, 0.15) is 5.75 Å². The smallest absolute Gasteiger partial charge is 0.118 e. The highest BCUT2D eigenvalue weighted by molar-refractivity contribution is 5.30. The van der Waals surface area contributed by atoms with Crippen LogP contribution in [0.3, 0.4) is 0 Å². The third kappa shape index (κ3) is 2.60. The lowest BCUT2D eigenvalue weighted by Gasteiger charge is -2.39. The standard InChI is InChI=1S/C13H20N2O2/c1-15-7-8-17-12(9-14)13(15)10-3-5-11(16-2)6-4-10/h3-6,12-13H,7-9,14H2,1-2H3. The molecule has 2 N–H and O–H groups in total. The fourth-order valence-electron chi connectivity index (χ4n) is 2.33. The average Bonchev–Trinajstić information content (AvgIpc) is 2.38. The van der Waals surface area contributed by atoms with Gasteiger partial charge in [0, 0.05) is 13.1 Å². The minimum atomic E-state index is 0.0714. The van der Waals surface area contributed by atoms with E-state index in [0.717, 1.165) is 18.9 Å². The zero-order valence-electron chi connectivity index (χ0n) is 10.4. The van der Waals surface area contributed by atoms with Crippen molar-refractivity contribution in [2.45, 2.75) is 12.1 Å². The second-order valence-electron chi connectivity index (χ2n) is 4.34. The number of nitrogens with two attached hydrogens (primary N) is 1. The largest absolute Gasteiger partial charge is 0.497 e. The monoisotopic (exact) mass is 236 g/mol. The number of methoxy groups -OCH3 is 1. The van der Waals surface area contributed by atoms with Crippen molar-refractivity contribution in [3.05, 3.63) is 29.8 Å². The van der Waals surface area contributed by atoms with Crippen LogP contribution in [0.2, 0.25) is 0 Å². The van der Waals surface area contributed by atoms with Gasteiger partial charge < -0.3 is 15.2 Å². The highest BCUT2D eigenvalue weighted by Gasteiger charge is 2.30. The van der Waals surface area contributed by atoms with Crippen molar-refractivity contribution in [1.29, 1.82) is 0 Å². The Morgan fingerprint density at radius 1 is 1.41 bits per heavy atom. The summed E-state index contributed by atoms with van der Waals surface area (Å²) in [6.07, 6.45) is 0.0714. The molecule has 1 fully saturated rings. The summed E-state index contributed by atoms with van der Waals surface area (Å²) in [7, 11) is 3.79. The van der Waals surface area contributed by atoms with Gasteiger partial charge in [-0.25, -0.2) is 0 Å². The highest BCUT2D eigenvalue weighted by atomic mass is 16.5. The van der Waals surface area contributed by atoms with Gasteiger partial charge in [-0.3, -0.25) is 4.90 Å². The number of morpholine rings is 1. The molecule has 1 heterocycles. The SMILES string of the molecule is COc1ccc(C2C(CN)OCCN2C)cc1. The van der Waals surface area contributed by atoms with E-state index in [9.17, 15) is 0 Å². The molecule has 2 rings (SSSR count). The lowest BCUT2D eigenvalue weighted by Crippen LogP contribution is -2.46. The fourth-order valence-corrected chi connectivity index (χ4v) is 2.33. The van der Waals surface area contributed by atoms with Crippen LogP contribution in [0.5, 0.6) is 5.75 Å². The van der Waals surface area contributed by atoms with Crippen molar-refractivity contribution < 1.29 is 9.47 Å². The van der Waals surface area contributed by atoms with Gasteiger partial charge in [0.25, 0.3) is 0 Å². The summed E-state index contributed by atoms with van der Waals surface area (Å²) in [4.78, 5) is 2.29. The van der Waals surface area contributed by atoms with Crippen molar-refractivity contribution >= 4 is 0 Å². The number of rotatable bonds is 3. The van der Waals surface area contributed by atoms with Crippen LogP contribution in [0.15, 0.2) is 24.3 Å². The van der Waals surface area contributed by atoms with Crippen molar-refractivity contribution in [2.24, 2.45) is 5.73 Å². The van der Waals surface area contributed by atoms with Crippen LogP contribution in [0.25, 0.3) is 0 Å². The molecule has 94 valence electrons. The third-order valence-corrected chi connectivity index (χ3v) is 3.29. The van der Waals surface area contributed by atoms with Crippen LogP contribution in [-0.2, 0) is 4.74 Å². The molecular weight excluding hydrogens is 216 g/mol. The first-order chi connectivity index (χ1) is 8.26. The van der Waals surface area contributed by atoms with Crippen molar-refractivity contribution in [2.75, 3.05) is 33.9 Å². The first kappa shape index (κ1) is 12.4. The number of likely N-dealkylation sites (N-methyl/N-ethyl adjacent to an activating group) is 1. The molecule has 0 aromatic heterocycles. The molecule has 0 amide bonds. The molecule has 4 nitrogen and oxygen atoms in total. The molecule has 0 spiro atoms. The first-order valence-corrected chi connectivity index (χ1v) is 5.92. The topological polar surface area (TPSA) is 47.7 Å². The van der Waals surface area contributed by atoms with Crippen molar-refractivity contribution in [3.63, 3.8) is 0 Å². The van der Waals surface area contributed by atoms with Gasteiger partial charge in [0.2, 0.25) is 0 Å². The normalized spacial score (nSPS) is 25.8. The first-order valence-electron chi connectivity index (χ1n) is 5.92. The van der Waals surface area contributed by atoms with Crippen LogP contribution in [0, 0.1) is 0 Å². The molecule has 0 bridgehead atoms. The average molecular weight is 236 g/mol. The molecule has 0 saturated carbocycles. The number of benzene rings is 1. The molecule has 1 aromatic carbocycles. The summed E-state index contributed by atoms with van der Waals surface area (Å²) >= 11 is 0. The lowest BCUT2D eigenvalue weighted by molar-refractivity contribution is -0.0576. The highest BCUT2D eigenvalue weighted by Crippen LogP contribution is 2.28. The molecule has 4 heteroatoms. The molecule has 1 aromatic rings. The predicted molar refractivity (Wildman–Crippen MR) is 67.2 cm³/mol. The lowest BCUT2D eigenvalue weighted by atomic mass is 9.98. The summed E-state index contributed by atoms with van der Waals surface area (Å²) in [5.41, 5.74) is 7.00. The summed E-state index contributed by atoms with van der Waals surface area (Å²) < 4.78 is 10.9. The van der Waals surface area contributed by atoms with Crippen LogP contribution < -0.4 is 10.5 Å². The van der Waals surface area contributed by atoms with Gasteiger partial charge >= 0.3 is 0 Å². The molecular formula is C13H20N2O2. The Morgan fingerprint density at radius 3 is 2.71 bits per heavy atom. The number of nitrogens with zero attached hydrogens (tertiary/aromatic N) is 1. The minimum absolute atomic E-state index is 0.0714. The zero-order chi connectivity index (χ0) is 12.3. The zero-order valence-corrected chi connectivity index (χ0v) is 10.4. The van der Waals surface area contributed by atoms with Crippen molar-refractivity contribution in [1.82, 2.24) is 4.90 Å². The second-order valence-corrected chi connectivity index (χ2v) is 4.34. The summed E-state index contributed by atoms with van der Waals surface area (Å²) in [5.74, 6) is 0.873. The van der Waals surface area contributed by atoms with Crippen LogP contribution in [0.4, 0.5) is 0 Å². The summed E-state index contributed by atoms with van der Waals surface area (Å²) in [5, 5.41) is 0. The van der Waals surface area contributed by atoms with Gasteiger partial charge in [-0.05, 0) is 24.7 Å². The Bertz CT molecular complexity index is 353. The minimum Gasteiger partial charge on any atom is -0.497 e. The Labute approximate surface area is 102 Å². The van der Waals surface area contributed by atoms with E-state index in [1.165, 1.54) is 5.56 Å². The number of hydrogen-bond donors (Lipinski definition) is 1. The molecule has 1 aliphatic heterocycles. The van der Waals surface area contributed by atoms with E-state index < -0.39 is 0 Å². The maximum Gasteiger partial charge on any atom is 0.118 e. The van der Waals surface area contributed by atoms with E-state index in [1.54, 1.807) is 7.11 Å². The van der Waals surface area contributed by atoms with E-state index in [2.05, 4.69) is 24.1 Å². The third-order valence-electron chi connectivity index (χ3n) is 3.29. The Kier molecular flexibility index (Phi) is 3.99. The van der Waals surface area contributed by atoms with Crippen LogP contribution >= 0.6 is 0 Å². The van der Waals surface area contributed by atoms with Crippen LogP contribution in [0.1, 0.15) is 11.6 Å². The molecule has 0 aliphatic carbocycles. The van der Waals surface area contributed by atoms with Crippen molar-refractivity contribution in [3.8, 4) is 5.75 Å². The van der Waals surface area contributed by atoms with Gasteiger partial charge in [0.05, 0.1) is 25.9 Å². The Morgan fingerprint density at radius 2 is 2.12 bits per heavy atom. The molecule has 0 radical (unpaired) electrons. The quantitative estimate of drug-likeness (QED) is 0.851. The summed E-state index contributed by atoms with van der Waals surface area (Å²) in [6, 6.07) is 8.35. The predicted octanol–water partition coefficient (Wildman–Crippen LogP) is 1.03. The molecule has 1 saturated heterocycles. The molecule has 1 aliphatic rings. The Hall–Kier alpha value is -1.10. The Balaban J connectivity index is 2.21. The van der Waals surface area contributed by atoms with Gasteiger partial charge in [0.15, 0.2) is 0 Å². The number of hydrogen-bond acceptors (Lipinski definition) is 4. The summed E-state index contributed by atoms with van der Waals surface area (Å²) in [6.45, 7) is 2.24. The van der Waals surface area contributed by atoms with Gasteiger partial charge in [-0.2, -0.15) is 0 Å². The van der Waals surface area contributed by atoms with Crippen LogP contribution in [-0.4, -0.2) is 44.9 Å². The van der Waals surface area contributed by atoms with E-state index in [-0.39, 0.29) is 12.1 Å². The van der Waals surface area contributed by atoms with Gasteiger partial charge in [-0.1, -0.05) is 12.1 Å². The second kappa shape index (κ2) is 5.49.